The van der Waals surface area contributed by atoms with E-state index in [0.29, 0.717) is 6.54 Å². The lowest BCUT2D eigenvalue weighted by molar-refractivity contribution is -0.153. The molecule has 7 nitrogen and oxygen atoms in total. The highest BCUT2D eigenvalue weighted by Crippen LogP contribution is 2.18. The Morgan fingerprint density at radius 1 is 1.26 bits per heavy atom. The molecule has 1 unspecified atom stereocenters. The van der Waals surface area contributed by atoms with Gasteiger partial charge in [0.1, 0.15) is 0 Å². The van der Waals surface area contributed by atoms with Gasteiger partial charge in [0.15, 0.2) is 6.10 Å². The summed E-state index contributed by atoms with van der Waals surface area (Å²) in [6, 6.07) is 6.98. The van der Waals surface area contributed by atoms with Crippen LogP contribution in [-0.2, 0) is 20.7 Å². The Hall–Kier alpha value is -2.83. The van der Waals surface area contributed by atoms with Gasteiger partial charge < -0.3 is 15.0 Å². The molecule has 1 aromatic heterocycles. The molecule has 1 atom stereocenters. The Balaban J connectivity index is 1.91. The van der Waals surface area contributed by atoms with Gasteiger partial charge in [-0.25, -0.2) is 4.79 Å². The van der Waals surface area contributed by atoms with Gasteiger partial charge in [-0.1, -0.05) is 18.2 Å². The average molecular weight is 317 g/mol. The SMILES string of the molecule is CCNC(=O)NC(=O)C(C)OC(=O)Cc1c[nH]c2ccccc12. The molecular formula is C16H19N3O4. The van der Waals surface area contributed by atoms with Crippen LogP contribution in [0.25, 0.3) is 10.9 Å². The first kappa shape index (κ1) is 16.5. The van der Waals surface area contributed by atoms with Gasteiger partial charge in [-0.3, -0.25) is 14.9 Å². The molecule has 2 rings (SSSR count). The fourth-order valence-electron chi connectivity index (χ4n) is 2.14. The van der Waals surface area contributed by atoms with Crippen LogP contribution in [0.2, 0.25) is 0 Å². The maximum absolute atomic E-state index is 12.0. The number of esters is 1. The molecule has 0 fully saturated rings. The number of urea groups is 1. The van der Waals surface area contributed by atoms with Gasteiger partial charge in [-0.15, -0.1) is 0 Å². The second-order valence-corrected chi connectivity index (χ2v) is 5.02. The van der Waals surface area contributed by atoms with E-state index in [9.17, 15) is 14.4 Å². The van der Waals surface area contributed by atoms with Crippen LogP contribution < -0.4 is 10.6 Å². The number of imide groups is 1. The van der Waals surface area contributed by atoms with Gasteiger partial charge in [0.05, 0.1) is 6.42 Å². The lowest BCUT2D eigenvalue weighted by atomic mass is 10.1. The number of nitrogens with one attached hydrogen (secondary N) is 3. The number of rotatable bonds is 5. The third kappa shape index (κ3) is 4.32. The van der Waals surface area contributed by atoms with Crippen molar-refractivity contribution in [1.82, 2.24) is 15.6 Å². The first-order chi connectivity index (χ1) is 11.0. The van der Waals surface area contributed by atoms with Gasteiger partial charge >= 0.3 is 12.0 Å². The van der Waals surface area contributed by atoms with Gasteiger partial charge in [-0.05, 0) is 25.5 Å². The van der Waals surface area contributed by atoms with Crippen LogP contribution in [0.3, 0.4) is 0 Å². The predicted molar refractivity (Wildman–Crippen MR) is 84.8 cm³/mol. The number of carbonyl (C=O) groups excluding carboxylic acids is 3. The predicted octanol–water partition coefficient (Wildman–Crippen LogP) is 1.49. The van der Waals surface area contributed by atoms with E-state index in [1.165, 1.54) is 6.92 Å². The Kier molecular flexibility index (Phi) is 5.35. The van der Waals surface area contributed by atoms with Crippen LogP contribution >= 0.6 is 0 Å². The molecule has 0 saturated carbocycles. The van der Waals surface area contributed by atoms with Gasteiger partial charge in [-0.2, -0.15) is 0 Å². The minimum Gasteiger partial charge on any atom is -0.452 e. The number of para-hydroxylation sites is 1. The number of H-pyrrole nitrogens is 1. The summed E-state index contributed by atoms with van der Waals surface area (Å²) in [7, 11) is 0. The number of carbonyl (C=O) groups is 3. The molecule has 1 aromatic carbocycles. The van der Waals surface area contributed by atoms with E-state index in [0.717, 1.165) is 16.5 Å². The van der Waals surface area contributed by atoms with Crippen molar-refractivity contribution in [3.05, 3.63) is 36.0 Å². The molecule has 23 heavy (non-hydrogen) atoms. The van der Waals surface area contributed by atoms with Crippen LogP contribution in [0, 0.1) is 0 Å². The first-order valence-electron chi connectivity index (χ1n) is 7.34. The standard InChI is InChI=1S/C16H19N3O4/c1-3-17-16(22)19-15(21)10(2)23-14(20)8-11-9-18-13-7-5-4-6-12(11)13/h4-7,9-10,18H,3,8H2,1-2H3,(H2,17,19,21,22). The fourth-order valence-corrected chi connectivity index (χ4v) is 2.14. The van der Waals surface area contributed by atoms with Gasteiger partial charge in [0.2, 0.25) is 0 Å². The normalized spacial score (nSPS) is 11.7. The summed E-state index contributed by atoms with van der Waals surface area (Å²) in [5.41, 5.74) is 1.72. The minimum atomic E-state index is -1.05. The number of benzene rings is 1. The Bertz CT molecular complexity index is 723. The molecule has 0 aliphatic carbocycles. The van der Waals surface area contributed by atoms with Gasteiger partial charge in [0.25, 0.3) is 5.91 Å². The van der Waals surface area contributed by atoms with Gasteiger partial charge in [0, 0.05) is 23.6 Å². The summed E-state index contributed by atoms with van der Waals surface area (Å²) in [4.78, 5) is 38.0. The Morgan fingerprint density at radius 3 is 2.74 bits per heavy atom. The van der Waals surface area contributed by atoms with E-state index in [-0.39, 0.29) is 6.42 Å². The van der Waals surface area contributed by atoms with E-state index in [4.69, 9.17) is 4.74 Å². The van der Waals surface area contributed by atoms with E-state index in [1.54, 1.807) is 13.1 Å². The number of ether oxygens (including phenoxy) is 1. The summed E-state index contributed by atoms with van der Waals surface area (Å²) >= 11 is 0. The van der Waals surface area contributed by atoms with Crippen LogP contribution in [-0.4, -0.2) is 35.5 Å². The quantitative estimate of drug-likeness (QED) is 0.727. The molecule has 7 heteroatoms. The maximum Gasteiger partial charge on any atom is 0.321 e. The minimum absolute atomic E-state index is 0.0444. The van der Waals surface area contributed by atoms with Crippen molar-refractivity contribution >= 4 is 28.8 Å². The summed E-state index contributed by atoms with van der Waals surface area (Å²) in [5.74, 6) is -1.20. The third-order valence-electron chi connectivity index (χ3n) is 3.26. The van der Waals surface area contributed by atoms with Crippen LogP contribution in [0.15, 0.2) is 30.5 Å². The van der Waals surface area contributed by atoms with Crippen LogP contribution in [0.4, 0.5) is 4.79 Å². The number of fused-ring (bicyclic) bond motifs is 1. The molecule has 0 saturated heterocycles. The van der Waals surface area contributed by atoms with Crippen molar-refractivity contribution in [3.8, 4) is 0 Å². The van der Waals surface area contributed by atoms with Crippen molar-refractivity contribution in [2.75, 3.05) is 6.54 Å². The average Bonchev–Trinajstić information content (AvgIpc) is 2.90. The second-order valence-electron chi connectivity index (χ2n) is 5.02. The van der Waals surface area contributed by atoms with Crippen molar-refractivity contribution in [3.63, 3.8) is 0 Å². The molecule has 122 valence electrons. The molecule has 3 amide bonds. The maximum atomic E-state index is 12.0. The monoisotopic (exact) mass is 317 g/mol. The lowest BCUT2D eigenvalue weighted by Crippen LogP contribution is -2.44. The fraction of sp³-hybridized carbons (Fsp3) is 0.312. The topological polar surface area (TPSA) is 100 Å². The number of amides is 3. The molecule has 3 N–H and O–H groups in total. The first-order valence-corrected chi connectivity index (χ1v) is 7.34. The number of hydrogen-bond donors (Lipinski definition) is 3. The van der Waals surface area contributed by atoms with E-state index >= 15 is 0 Å². The highest BCUT2D eigenvalue weighted by atomic mass is 16.5. The zero-order valence-electron chi connectivity index (χ0n) is 13.0. The molecule has 0 aliphatic heterocycles. The van der Waals surface area contributed by atoms with E-state index in [1.807, 2.05) is 24.3 Å². The molecule has 2 aromatic rings. The Morgan fingerprint density at radius 2 is 2.00 bits per heavy atom. The molecule has 1 heterocycles. The third-order valence-corrected chi connectivity index (χ3v) is 3.26. The van der Waals surface area contributed by atoms with Crippen molar-refractivity contribution in [1.29, 1.82) is 0 Å². The Labute approximate surface area is 133 Å². The summed E-state index contributed by atoms with van der Waals surface area (Å²) in [6.07, 6.45) is 0.740. The summed E-state index contributed by atoms with van der Waals surface area (Å²) < 4.78 is 5.07. The van der Waals surface area contributed by atoms with Crippen molar-refractivity contribution in [2.45, 2.75) is 26.4 Å². The molecule has 0 spiro atoms. The second kappa shape index (κ2) is 7.44. The lowest BCUT2D eigenvalue weighted by Gasteiger charge is -2.12. The summed E-state index contributed by atoms with van der Waals surface area (Å²) in [5, 5.41) is 5.46. The van der Waals surface area contributed by atoms with Crippen LogP contribution in [0.1, 0.15) is 19.4 Å². The largest absolute Gasteiger partial charge is 0.452 e. The number of aromatic amines is 1. The van der Waals surface area contributed by atoms with Crippen molar-refractivity contribution in [2.24, 2.45) is 0 Å². The van der Waals surface area contributed by atoms with E-state index in [2.05, 4.69) is 15.6 Å². The highest BCUT2D eigenvalue weighted by Gasteiger charge is 2.20. The van der Waals surface area contributed by atoms with Crippen LogP contribution in [0.5, 0.6) is 0 Å². The number of hydrogen-bond acceptors (Lipinski definition) is 4. The number of aromatic nitrogens is 1. The summed E-state index contributed by atoms with van der Waals surface area (Å²) in [6.45, 7) is 3.55. The van der Waals surface area contributed by atoms with Crippen molar-refractivity contribution < 1.29 is 19.1 Å². The van der Waals surface area contributed by atoms with E-state index < -0.39 is 24.0 Å². The molecule has 0 aliphatic rings. The highest BCUT2D eigenvalue weighted by molar-refractivity contribution is 5.97. The zero-order valence-corrected chi connectivity index (χ0v) is 13.0. The molecular weight excluding hydrogens is 298 g/mol. The molecule has 0 radical (unpaired) electrons. The molecule has 0 bridgehead atoms. The smallest absolute Gasteiger partial charge is 0.321 e. The zero-order chi connectivity index (χ0) is 16.8.